The Morgan fingerprint density at radius 2 is 1.86 bits per heavy atom. The summed E-state index contributed by atoms with van der Waals surface area (Å²) >= 11 is 0. The maximum atomic E-state index is 13.4. The Bertz CT molecular complexity index is 1170. The van der Waals surface area contributed by atoms with Crippen molar-refractivity contribution in [1.82, 2.24) is 9.88 Å². The number of carbonyl (C=O) groups is 2. The van der Waals surface area contributed by atoms with Crippen LogP contribution in [-0.4, -0.2) is 47.9 Å². The Morgan fingerprint density at radius 3 is 2.46 bits per heavy atom. The van der Waals surface area contributed by atoms with Crippen LogP contribution in [0.5, 0.6) is 0 Å². The first-order valence-corrected chi connectivity index (χ1v) is 11.4. The molecule has 4 rings (SSSR count). The number of aromatic nitrogens is 1. The third-order valence-electron chi connectivity index (χ3n) is 7.08. The number of rotatable bonds is 4. The standard InChI is InChI=1S/C25H26F3N5O2/c1-15-8-18(12-31-11-15)24(35)32-6-4-16(5-7-32)20-13-33(14-21(20)23(30)34)19-3-2-17(10-29)22(9-19)25(26,27)28/h2-3,8-9,11-12,16,20-21H,4-7,13-14H2,1H3,(H2,30,34)/t20-,21+/m0/s1. The molecule has 0 unspecified atom stereocenters. The molecular weight excluding hydrogens is 459 g/mol. The summed E-state index contributed by atoms with van der Waals surface area (Å²) in [6.45, 7) is 3.52. The summed E-state index contributed by atoms with van der Waals surface area (Å²) in [5.74, 6) is -1.09. The van der Waals surface area contributed by atoms with E-state index in [-0.39, 0.29) is 24.3 Å². The Hall–Kier alpha value is -3.61. The van der Waals surface area contributed by atoms with Gasteiger partial charge >= 0.3 is 6.18 Å². The number of nitrogens with two attached hydrogens (primary N) is 1. The average Bonchev–Trinajstić information content (AvgIpc) is 3.29. The van der Waals surface area contributed by atoms with E-state index in [4.69, 9.17) is 11.0 Å². The molecule has 2 fully saturated rings. The number of piperidine rings is 1. The minimum Gasteiger partial charge on any atom is -0.370 e. The molecule has 0 bridgehead atoms. The van der Waals surface area contributed by atoms with E-state index in [1.54, 1.807) is 34.3 Å². The number of halogens is 3. The van der Waals surface area contributed by atoms with E-state index in [1.165, 1.54) is 6.07 Å². The van der Waals surface area contributed by atoms with Gasteiger partial charge in [-0.1, -0.05) is 0 Å². The minimum absolute atomic E-state index is 0.0867. The van der Waals surface area contributed by atoms with Crippen LogP contribution >= 0.6 is 0 Å². The number of pyridine rings is 1. The van der Waals surface area contributed by atoms with Crippen molar-refractivity contribution in [2.24, 2.45) is 23.5 Å². The van der Waals surface area contributed by atoms with Gasteiger partial charge in [0.2, 0.25) is 5.91 Å². The lowest BCUT2D eigenvalue weighted by Gasteiger charge is -2.36. The summed E-state index contributed by atoms with van der Waals surface area (Å²) in [6.07, 6.45) is -0.0745. The molecule has 2 amide bonds. The van der Waals surface area contributed by atoms with E-state index in [0.717, 1.165) is 17.7 Å². The summed E-state index contributed by atoms with van der Waals surface area (Å²) in [6, 6.07) is 6.99. The molecule has 2 atom stereocenters. The average molecular weight is 486 g/mol. The summed E-state index contributed by atoms with van der Waals surface area (Å²) in [7, 11) is 0. The minimum atomic E-state index is -4.66. The summed E-state index contributed by atoms with van der Waals surface area (Å²) < 4.78 is 40.3. The quantitative estimate of drug-likeness (QED) is 0.715. The SMILES string of the molecule is Cc1cncc(C(=O)N2CCC([C@@H]3CN(c4ccc(C#N)c(C(F)(F)F)c4)C[C@H]3C(N)=O)CC2)c1. The maximum absolute atomic E-state index is 13.4. The van der Waals surface area contributed by atoms with Crippen LogP contribution < -0.4 is 10.6 Å². The number of alkyl halides is 3. The van der Waals surface area contributed by atoms with Gasteiger partial charge in [-0.05, 0) is 61.4 Å². The second-order valence-electron chi connectivity index (χ2n) is 9.30. The van der Waals surface area contributed by atoms with Crippen molar-refractivity contribution in [3.63, 3.8) is 0 Å². The number of amides is 2. The molecular formula is C25H26F3N5O2. The van der Waals surface area contributed by atoms with Crippen LogP contribution in [0.3, 0.4) is 0 Å². The number of anilines is 1. The third kappa shape index (κ3) is 5.09. The predicted molar refractivity (Wildman–Crippen MR) is 122 cm³/mol. The number of aryl methyl sites for hydroxylation is 1. The van der Waals surface area contributed by atoms with Crippen molar-refractivity contribution in [2.75, 3.05) is 31.1 Å². The Kier molecular flexibility index (Phi) is 6.70. The molecule has 2 aromatic rings. The predicted octanol–water partition coefficient (Wildman–Crippen LogP) is 3.37. The summed E-state index contributed by atoms with van der Waals surface area (Å²) in [5.41, 5.74) is 6.00. The molecule has 0 spiro atoms. The highest BCUT2D eigenvalue weighted by Gasteiger charge is 2.43. The van der Waals surface area contributed by atoms with Crippen molar-refractivity contribution in [3.8, 4) is 6.07 Å². The van der Waals surface area contributed by atoms with Crippen LogP contribution in [0.2, 0.25) is 0 Å². The zero-order valence-corrected chi connectivity index (χ0v) is 19.3. The van der Waals surface area contributed by atoms with Gasteiger partial charge in [-0.25, -0.2) is 0 Å². The van der Waals surface area contributed by atoms with Crippen molar-refractivity contribution in [2.45, 2.75) is 25.9 Å². The summed E-state index contributed by atoms with van der Waals surface area (Å²) in [5, 5.41) is 9.06. The second kappa shape index (κ2) is 9.56. The molecule has 0 radical (unpaired) electrons. The lowest BCUT2D eigenvalue weighted by molar-refractivity contribution is -0.137. The molecule has 10 heteroatoms. The van der Waals surface area contributed by atoms with Gasteiger partial charge in [0.15, 0.2) is 0 Å². The van der Waals surface area contributed by atoms with Gasteiger partial charge in [-0.3, -0.25) is 14.6 Å². The van der Waals surface area contributed by atoms with E-state index in [0.29, 0.717) is 43.7 Å². The number of carbonyl (C=O) groups excluding carboxylic acids is 2. The monoisotopic (exact) mass is 485 g/mol. The van der Waals surface area contributed by atoms with E-state index in [1.807, 2.05) is 6.92 Å². The number of nitrogens with zero attached hydrogens (tertiary/aromatic N) is 4. The molecule has 0 saturated carbocycles. The van der Waals surface area contributed by atoms with Gasteiger partial charge in [-0.15, -0.1) is 0 Å². The number of hydrogen-bond donors (Lipinski definition) is 1. The van der Waals surface area contributed by atoms with Crippen LogP contribution in [0.4, 0.5) is 18.9 Å². The topological polar surface area (TPSA) is 103 Å². The van der Waals surface area contributed by atoms with Gasteiger partial charge in [0.05, 0.1) is 28.7 Å². The fraction of sp³-hybridized carbons (Fsp3) is 0.440. The van der Waals surface area contributed by atoms with Crippen LogP contribution in [0.25, 0.3) is 0 Å². The number of likely N-dealkylation sites (tertiary alicyclic amines) is 1. The molecule has 35 heavy (non-hydrogen) atoms. The summed E-state index contributed by atoms with van der Waals surface area (Å²) in [4.78, 5) is 32.7. The number of primary amides is 1. The number of hydrogen-bond acceptors (Lipinski definition) is 5. The van der Waals surface area contributed by atoms with Gasteiger partial charge < -0.3 is 15.5 Å². The van der Waals surface area contributed by atoms with Crippen LogP contribution in [0, 0.1) is 36.0 Å². The van der Waals surface area contributed by atoms with Crippen LogP contribution in [-0.2, 0) is 11.0 Å². The molecule has 0 aliphatic carbocycles. The first-order valence-electron chi connectivity index (χ1n) is 11.4. The van der Waals surface area contributed by atoms with Gasteiger partial charge in [0.25, 0.3) is 5.91 Å². The van der Waals surface area contributed by atoms with Crippen molar-refractivity contribution in [3.05, 3.63) is 58.9 Å². The Labute approximate surface area is 201 Å². The highest BCUT2D eigenvalue weighted by molar-refractivity contribution is 5.94. The van der Waals surface area contributed by atoms with Crippen LogP contribution in [0.15, 0.2) is 36.7 Å². The Morgan fingerprint density at radius 1 is 1.14 bits per heavy atom. The third-order valence-corrected chi connectivity index (χ3v) is 7.08. The van der Waals surface area contributed by atoms with Crippen LogP contribution in [0.1, 0.15) is 39.9 Å². The zero-order valence-electron chi connectivity index (χ0n) is 19.3. The molecule has 1 aromatic heterocycles. The second-order valence-corrected chi connectivity index (χ2v) is 9.30. The highest BCUT2D eigenvalue weighted by Crippen LogP contribution is 2.40. The first-order chi connectivity index (χ1) is 16.6. The van der Waals surface area contributed by atoms with E-state index < -0.39 is 29.1 Å². The molecule has 7 nitrogen and oxygen atoms in total. The van der Waals surface area contributed by atoms with E-state index >= 15 is 0 Å². The normalized spacial score (nSPS) is 21.1. The molecule has 184 valence electrons. The van der Waals surface area contributed by atoms with Gasteiger partial charge in [0.1, 0.15) is 0 Å². The Balaban J connectivity index is 1.48. The molecule has 2 N–H and O–H groups in total. The molecule has 2 saturated heterocycles. The molecule has 2 aliphatic rings. The molecule has 3 heterocycles. The largest absolute Gasteiger partial charge is 0.417 e. The zero-order chi connectivity index (χ0) is 25.3. The molecule has 1 aromatic carbocycles. The van der Waals surface area contributed by atoms with Gasteiger partial charge in [-0.2, -0.15) is 18.4 Å². The first kappa shape index (κ1) is 24.5. The lowest BCUT2D eigenvalue weighted by atomic mass is 9.78. The fourth-order valence-electron chi connectivity index (χ4n) is 5.26. The maximum Gasteiger partial charge on any atom is 0.417 e. The fourth-order valence-corrected chi connectivity index (χ4v) is 5.26. The van der Waals surface area contributed by atoms with E-state index in [9.17, 15) is 22.8 Å². The lowest BCUT2D eigenvalue weighted by Crippen LogP contribution is -2.42. The van der Waals surface area contributed by atoms with Crippen molar-refractivity contribution < 1.29 is 22.8 Å². The number of benzene rings is 1. The number of nitriles is 1. The van der Waals surface area contributed by atoms with Crippen molar-refractivity contribution in [1.29, 1.82) is 5.26 Å². The van der Waals surface area contributed by atoms with Gasteiger partial charge in [0, 0.05) is 44.3 Å². The van der Waals surface area contributed by atoms with E-state index in [2.05, 4.69) is 4.98 Å². The van der Waals surface area contributed by atoms with Crippen molar-refractivity contribution >= 4 is 17.5 Å². The molecule has 2 aliphatic heterocycles. The highest BCUT2D eigenvalue weighted by atomic mass is 19.4. The smallest absolute Gasteiger partial charge is 0.370 e.